The van der Waals surface area contributed by atoms with Gasteiger partial charge in [0.25, 0.3) is 5.56 Å². The van der Waals surface area contributed by atoms with Crippen molar-refractivity contribution in [3.05, 3.63) is 28.4 Å². The summed E-state index contributed by atoms with van der Waals surface area (Å²) in [6, 6.07) is 1.58. The summed E-state index contributed by atoms with van der Waals surface area (Å²) in [5, 5.41) is 0. The Bertz CT molecular complexity index is 328. The monoisotopic (exact) mass is 180 g/mol. The van der Waals surface area contributed by atoms with Crippen molar-refractivity contribution >= 4 is 0 Å². The van der Waals surface area contributed by atoms with Crippen molar-refractivity contribution in [2.24, 2.45) is 0 Å². The van der Waals surface area contributed by atoms with Crippen molar-refractivity contribution < 1.29 is 0 Å². The van der Waals surface area contributed by atoms with Crippen LogP contribution in [0, 0.1) is 0 Å². The Balaban J connectivity index is 2.99. The van der Waals surface area contributed by atoms with Gasteiger partial charge in [0.1, 0.15) is 0 Å². The van der Waals surface area contributed by atoms with Gasteiger partial charge in [-0.2, -0.15) is 0 Å². The molecule has 0 fully saturated rings. The number of aromatic amines is 1. The zero-order valence-electron chi connectivity index (χ0n) is 8.42. The Kier molecular flexibility index (Phi) is 2.86. The summed E-state index contributed by atoms with van der Waals surface area (Å²) >= 11 is 0. The van der Waals surface area contributed by atoms with E-state index in [1.54, 1.807) is 6.07 Å². The van der Waals surface area contributed by atoms with E-state index in [9.17, 15) is 4.79 Å². The van der Waals surface area contributed by atoms with Gasteiger partial charge in [0, 0.05) is 11.5 Å². The Hall–Kier alpha value is -1.12. The molecule has 0 amide bonds. The minimum Gasteiger partial charge on any atom is -0.313 e. The van der Waals surface area contributed by atoms with Crippen LogP contribution in [-0.4, -0.2) is 9.97 Å². The normalized spacial score (nSPS) is 11.6. The average Bonchev–Trinajstić information content (AvgIpc) is 2.04. The quantitative estimate of drug-likeness (QED) is 0.771. The highest BCUT2D eigenvalue weighted by Gasteiger charge is 2.20. The van der Waals surface area contributed by atoms with E-state index >= 15 is 0 Å². The fourth-order valence-corrected chi connectivity index (χ4v) is 1.49. The Morgan fingerprint density at radius 1 is 1.54 bits per heavy atom. The number of H-pyrrole nitrogens is 1. The van der Waals surface area contributed by atoms with Gasteiger partial charge in [-0.3, -0.25) is 4.79 Å². The number of rotatable bonds is 3. The molecule has 1 N–H and O–H groups in total. The van der Waals surface area contributed by atoms with E-state index in [1.165, 1.54) is 6.33 Å². The molecule has 0 aliphatic rings. The average molecular weight is 180 g/mol. The van der Waals surface area contributed by atoms with E-state index in [1.807, 2.05) is 0 Å². The molecule has 0 aliphatic carbocycles. The second-order valence-electron chi connectivity index (χ2n) is 3.93. The smallest absolute Gasteiger partial charge is 0.250 e. The van der Waals surface area contributed by atoms with Crippen LogP contribution in [0.5, 0.6) is 0 Å². The lowest BCUT2D eigenvalue weighted by Gasteiger charge is -2.22. The minimum absolute atomic E-state index is 0.00299. The second-order valence-corrected chi connectivity index (χ2v) is 3.93. The highest BCUT2D eigenvalue weighted by Crippen LogP contribution is 2.24. The fraction of sp³-hybridized carbons (Fsp3) is 0.600. The van der Waals surface area contributed by atoms with Crippen LogP contribution in [0.3, 0.4) is 0 Å². The molecule has 0 saturated heterocycles. The van der Waals surface area contributed by atoms with Gasteiger partial charge in [-0.1, -0.05) is 27.2 Å². The molecule has 0 bridgehead atoms. The van der Waals surface area contributed by atoms with E-state index in [-0.39, 0.29) is 11.0 Å². The molecule has 0 radical (unpaired) electrons. The number of nitrogens with zero attached hydrogens (tertiary/aromatic N) is 1. The standard InChI is InChI=1S/C10H16N2O/c1-4-5-10(2,3)8-6-9(13)12-7-11-8/h6-7H,4-5H2,1-3H3,(H,11,12,13). The van der Waals surface area contributed by atoms with Crippen LogP contribution in [0.1, 0.15) is 39.3 Å². The molecule has 1 aromatic heterocycles. The molecule has 3 heteroatoms. The molecule has 0 saturated carbocycles. The molecule has 13 heavy (non-hydrogen) atoms. The molecular formula is C10H16N2O. The third-order valence-corrected chi connectivity index (χ3v) is 2.25. The molecule has 0 spiro atoms. The first kappa shape index (κ1) is 9.96. The van der Waals surface area contributed by atoms with Crippen LogP contribution in [0.15, 0.2) is 17.2 Å². The summed E-state index contributed by atoms with van der Waals surface area (Å²) < 4.78 is 0. The van der Waals surface area contributed by atoms with Gasteiger partial charge in [-0.05, 0) is 6.42 Å². The molecular weight excluding hydrogens is 164 g/mol. The van der Waals surface area contributed by atoms with Crippen molar-refractivity contribution in [2.45, 2.75) is 39.0 Å². The minimum atomic E-state index is -0.0748. The molecule has 1 heterocycles. The topological polar surface area (TPSA) is 45.8 Å². The Morgan fingerprint density at radius 2 is 2.23 bits per heavy atom. The van der Waals surface area contributed by atoms with Crippen molar-refractivity contribution in [2.75, 3.05) is 0 Å². The van der Waals surface area contributed by atoms with Gasteiger partial charge < -0.3 is 4.98 Å². The van der Waals surface area contributed by atoms with Gasteiger partial charge in [0.05, 0.1) is 12.0 Å². The largest absolute Gasteiger partial charge is 0.313 e. The van der Waals surface area contributed by atoms with Crippen molar-refractivity contribution in [3.8, 4) is 0 Å². The van der Waals surface area contributed by atoms with Crippen LogP contribution in [-0.2, 0) is 5.41 Å². The predicted molar refractivity (Wildman–Crippen MR) is 52.8 cm³/mol. The second kappa shape index (κ2) is 3.73. The first-order chi connectivity index (χ1) is 6.06. The maximum Gasteiger partial charge on any atom is 0.250 e. The summed E-state index contributed by atoms with van der Waals surface area (Å²) in [4.78, 5) is 17.7. The third-order valence-electron chi connectivity index (χ3n) is 2.25. The van der Waals surface area contributed by atoms with Crippen LogP contribution in [0.4, 0.5) is 0 Å². The molecule has 0 aromatic carbocycles. The summed E-state index contributed by atoms with van der Waals surface area (Å²) in [6.45, 7) is 6.35. The lowest BCUT2D eigenvalue weighted by molar-refractivity contribution is 0.458. The number of hydrogen-bond donors (Lipinski definition) is 1. The molecule has 0 unspecified atom stereocenters. The lowest BCUT2D eigenvalue weighted by Crippen LogP contribution is -2.21. The SMILES string of the molecule is CCCC(C)(C)c1cc(=O)[nH]cn1. The lowest BCUT2D eigenvalue weighted by atomic mass is 9.84. The van der Waals surface area contributed by atoms with Crippen molar-refractivity contribution in [3.63, 3.8) is 0 Å². The fourth-order valence-electron chi connectivity index (χ4n) is 1.49. The molecule has 0 aliphatic heterocycles. The Labute approximate surface area is 78.2 Å². The highest BCUT2D eigenvalue weighted by atomic mass is 16.1. The highest BCUT2D eigenvalue weighted by molar-refractivity contribution is 5.11. The molecule has 72 valence electrons. The maximum atomic E-state index is 11.0. The summed E-state index contributed by atoms with van der Waals surface area (Å²) in [5.74, 6) is 0. The molecule has 1 rings (SSSR count). The molecule has 3 nitrogen and oxygen atoms in total. The van der Waals surface area contributed by atoms with Crippen LogP contribution < -0.4 is 5.56 Å². The number of nitrogens with one attached hydrogen (secondary N) is 1. The third kappa shape index (κ3) is 2.41. The zero-order valence-corrected chi connectivity index (χ0v) is 8.42. The summed E-state index contributed by atoms with van der Waals surface area (Å²) in [7, 11) is 0. The first-order valence-electron chi connectivity index (χ1n) is 4.61. The summed E-state index contributed by atoms with van der Waals surface area (Å²) in [5.41, 5.74) is 0.801. The van der Waals surface area contributed by atoms with E-state index < -0.39 is 0 Å². The van der Waals surface area contributed by atoms with Crippen LogP contribution in [0.25, 0.3) is 0 Å². The van der Waals surface area contributed by atoms with Gasteiger partial charge >= 0.3 is 0 Å². The van der Waals surface area contributed by atoms with Crippen molar-refractivity contribution in [1.29, 1.82) is 0 Å². The van der Waals surface area contributed by atoms with Gasteiger partial charge in [-0.25, -0.2) is 4.98 Å². The van der Waals surface area contributed by atoms with E-state index in [0.717, 1.165) is 18.5 Å². The van der Waals surface area contributed by atoms with Gasteiger partial charge in [0.15, 0.2) is 0 Å². The van der Waals surface area contributed by atoms with Gasteiger partial charge in [-0.15, -0.1) is 0 Å². The Morgan fingerprint density at radius 3 is 2.77 bits per heavy atom. The van der Waals surface area contributed by atoms with Crippen molar-refractivity contribution in [1.82, 2.24) is 9.97 Å². The van der Waals surface area contributed by atoms with Gasteiger partial charge in [0.2, 0.25) is 0 Å². The first-order valence-corrected chi connectivity index (χ1v) is 4.61. The predicted octanol–water partition coefficient (Wildman–Crippen LogP) is 1.85. The van der Waals surface area contributed by atoms with Crippen LogP contribution >= 0.6 is 0 Å². The molecule has 1 aromatic rings. The molecule has 0 atom stereocenters. The number of aromatic nitrogens is 2. The maximum absolute atomic E-state index is 11.0. The number of hydrogen-bond acceptors (Lipinski definition) is 2. The zero-order chi connectivity index (χ0) is 9.90. The van der Waals surface area contributed by atoms with E-state index in [2.05, 4.69) is 30.7 Å². The van der Waals surface area contributed by atoms with Crippen LogP contribution in [0.2, 0.25) is 0 Å². The summed E-state index contributed by atoms with van der Waals surface area (Å²) in [6.07, 6.45) is 3.61. The van der Waals surface area contributed by atoms with E-state index in [4.69, 9.17) is 0 Å². The van der Waals surface area contributed by atoms with E-state index in [0.29, 0.717) is 0 Å².